The summed E-state index contributed by atoms with van der Waals surface area (Å²) in [5, 5.41) is 14.1. The fourth-order valence-corrected chi connectivity index (χ4v) is 4.27. The number of rotatable bonds is 8. The molecule has 2 aromatic carbocycles. The normalized spacial score (nSPS) is 10.7. The molecule has 6 nitrogen and oxygen atoms in total. The number of benzene rings is 2. The average molecular weight is 437 g/mol. The Morgan fingerprint density at radius 2 is 1.90 bits per heavy atom. The quantitative estimate of drug-likeness (QED) is 0.404. The van der Waals surface area contributed by atoms with E-state index < -0.39 is 0 Å². The fourth-order valence-electron chi connectivity index (χ4n) is 2.79. The summed E-state index contributed by atoms with van der Waals surface area (Å²) in [4.78, 5) is 13.3. The molecular formula is C22H20N4O2S2. The highest BCUT2D eigenvalue weighted by Gasteiger charge is 2.13. The Morgan fingerprint density at radius 3 is 2.70 bits per heavy atom. The van der Waals surface area contributed by atoms with Gasteiger partial charge in [-0.3, -0.25) is 4.79 Å². The van der Waals surface area contributed by atoms with Gasteiger partial charge in [0.05, 0.1) is 10.6 Å². The van der Waals surface area contributed by atoms with Gasteiger partial charge in [-0.25, -0.2) is 0 Å². The van der Waals surface area contributed by atoms with E-state index in [0.717, 1.165) is 27.8 Å². The van der Waals surface area contributed by atoms with Crippen LogP contribution >= 0.6 is 23.1 Å². The molecule has 2 aromatic heterocycles. The minimum absolute atomic E-state index is 0.0601. The van der Waals surface area contributed by atoms with E-state index in [9.17, 15) is 4.79 Å². The van der Waals surface area contributed by atoms with Crippen LogP contribution in [0.25, 0.3) is 10.7 Å². The van der Waals surface area contributed by atoms with E-state index in [2.05, 4.69) is 15.5 Å². The molecule has 0 unspecified atom stereocenters. The topological polar surface area (TPSA) is 69.0 Å². The van der Waals surface area contributed by atoms with Crippen LogP contribution in [-0.4, -0.2) is 26.4 Å². The highest BCUT2D eigenvalue weighted by molar-refractivity contribution is 7.99. The lowest BCUT2D eigenvalue weighted by Crippen LogP contribution is -2.24. The molecule has 4 aromatic rings. The van der Waals surface area contributed by atoms with Crippen LogP contribution in [0.5, 0.6) is 11.5 Å². The molecule has 1 amide bonds. The molecule has 0 radical (unpaired) electrons. The molecule has 0 saturated heterocycles. The number of para-hydroxylation sites is 1. The summed E-state index contributed by atoms with van der Waals surface area (Å²) >= 11 is 2.98. The molecular weight excluding hydrogens is 416 g/mol. The largest absolute Gasteiger partial charge is 0.457 e. The second-order valence-corrected chi connectivity index (χ2v) is 8.36. The van der Waals surface area contributed by atoms with Crippen LogP contribution in [0, 0.1) is 0 Å². The second-order valence-electron chi connectivity index (χ2n) is 6.47. The maximum atomic E-state index is 12.3. The lowest BCUT2D eigenvalue weighted by molar-refractivity contribution is -0.118. The smallest absolute Gasteiger partial charge is 0.230 e. The zero-order valence-electron chi connectivity index (χ0n) is 16.3. The number of hydrogen-bond acceptors (Lipinski definition) is 6. The number of thiophene rings is 1. The number of ether oxygens (including phenoxy) is 1. The third-order valence-electron chi connectivity index (χ3n) is 4.28. The van der Waals surface area contributed by atoms with E-state index in [4.69, 9.17) is 4.74 Å². The summed E-state index contributed by atoms with van der Waals surface area (Å²) in [5.41, 5.74) is 0.973. The molecule has 0 saturated carbocycles. The Balaban J connectivity index is 1.29. The van der Waals surface area contributed by atoms with Gasteiger partial charge in [-0.15, -0.1) is 21.5 Å². The average Bonchev–Trinajstić information content (AvgIpc) is 3.41. The predicted molar refractivity (Wildman–Crippen MR) is 120 cm³/mol. The highest BCUT2D eigenvalue weighted by Crippen LogP contribution is 2.26. The van der Waals surface area contributed by atoms with E-state index >= 15 is 0 Å². The van der Waals surface area contributed by atoms with Crippen molar-refractivity contribution in [1.82, 2.24) is 20.1 Å². The lowest BCUT2D eigenvalue weighted by atomic mass is 10.2. The molecule has 30 heavy (non-hydrogen) atoms. The van der Waals surface area contributed by atoms with Crippen LogP contribution in [0.2, 0.25) is 0 Å². The number of thioether (sulfide) groups is 1. The van der Waals surface area contributed by atoms with Gasteiger partial charge in [-0.1, -0.05) is 48.2 Å². The molecule has 0 fully saturated rings. The van der Waals surface area contributed by atoms with Gasteiger partial charge in [0.1, 0.15) is 11.5 Å². The summed E-state index contributed by atoms with van der Waals surface area (Å²) in [7, 11) is 1.91. The molecule has 0 bridgehead atoms. The molecule has 8 heteroatoms. The van der Waals surface area contributed by atoms with E-state index in [-0.39, 0.29) is 11.7 Å². The first-order chi connectivity index (χ1) is 14.7. The molecule has 2 heterocycles. The highest BCUT2D eigenvalue weighted by atomic mass is 32.2. The van der Waals surface area contributed by atoms with Crippen LogP contribution in [0.4, 0.5) is 0 Å². The molecule has 0 aliphatic rings. The molecule has 0 aliphatic heterocycles. The summed E-state index contributed by atoms with van der Waals surface area (Å²) < 4.78 is 7.75. The van der Waals surface area contributed by atoms with Gasteiger partial charge in [0, 0.05) is 13.6 Å². The van der Waals surface area contributed by atoms with Crippen LogP contribution in [-0.2, 0) is 18.4 Å². The van der Waals surface area contributed by atoms with Crippen LogP contribution in [0.15, 0.2) is 77.3 Å². The van der Waals surface area contributed by atoms with Crippen molar-refractivity contribution in [2.75, 3.05) is 5.75 Å². The van der Waals surface area contributed by atoms with Crippen molar-refractivity contribution >= 4 is 29.0 Å². The predicted octanol–water partition coefficient (Wildman–Crippen LogP) is 4.74. The molecule has 152 valence electrons. The number of amides is 1. The van der Waals surface area contributed by atoms with Gasteiger partial charge in [0.2, 0.25) is 5.91 Å². The third kappa shape index (κ3) is 5.08. The SMILES string of the molecule is Cn1c(SCC(=O)NCc2cccc(Oc3ccccc3)c2)nnc1-c1cccs1. The number of nitrogens with zero attached hydrogens (tertiary/aromatic N) is 3. The zero-order chi connectivity index (χ0) is 20.8. The van der Waals surface area contributed by atoms with Crippen molar-refractivity contribution in [3.05, 3.63) is 77.7 Å². The van der Waals surface area contributed by atoms with Crippen molar-refractivity contribution < 1.29 is 9.53 Å². The van der Waals surface area contributed by atoms with E-state index in [0.29, 0.717) is 11.7 Å². The summed E-state index contributed by atoms with van der Waals surface area (Å²) in [6.45, 7) is 0.435. The monoisotopic (exact) mass is 436 g/mol. The van der Waals surface area contributed by atoms with Gasteiger partial charge in [-0.05, 0) is 41.3 Å². The standard InChI is InChI=1S/C22H20N4O2S2/c1-26-21(19-11-6-12-29-19)24-25-22(26)30-15-20(27)23-14-16-7-5-10-18(13-16)28-17-8-3-2-4-9-17/h2-13H,14-15H2,1H3,(H,23,27). The van der Waals surface area contributed by atoms with Crippen molar-refractivity contribution in [2.24, 2.45) is 7.05 Å². The Kier molecular flexibility index (Phi) is 6.46. The molecule has 4 rings (SSSR count). The van der Waals surface area contributed by atoms with E-state index in [1.54, 1.807) is 11.3 Å². The molecule has 0 spiro atoms. The van der Waals surface area contributed by atoms with Crippen molar-refractivity contribution in [2.45, 2.75) is 11.7 Å². The van der Waals surface area contributed by atoms with Gasteiger partial charge in [-0.2, -0.15) is 0 Å². The lowest BCUT2D eigenvalue weighted by Gasteiger charge is -2.09. The van der Waals surface area contributed by atoms with Crippen LogP contribution in [0.1, 0.15) is 5.56 Å². The fraction of sp³-hybridized carbons (Fsp3) is 0.136. The van der Waals surface area contributed by atoms with Gasteiger partial charge in [0.15, 0.2) is 11.0 Å². The zero-order valence-corrected chi connectivity index (χ0v) is 18.0. The Bertz CT molecular complexity index is 1110. The summed E-state index contributed by atoms with van der Waals surface area (Å²) in [6.07, 6.45) is 0. The Morgan fingerprint density at radius 1 is 1.07 bits per heavy atom. The van der Waals surface area contributed by atoms with Gasteiger partial charge in [0.25, 0.3) is 0 Å². The second kappa shape index (κ2) is 9.60. The van der Waals surface area contributed by atoms with Crippen molar-refractivity contribution in [3.8, 4) is 22.2 Å². The summed E-state index contributed by atoms with van der Waals surface area (Å²) in [6, 6.07) is 21.3. The Hall–Kier alpha value is -3.10. The van der Waals surface area contributed by atoms with E-state index in [1.807, 2.05) is 83.7 Å². The van der Waals surface area contributed by atoms with Crippen LogP contribution in [0.3, 0.4) is 0 Å². The minimum atomic E-state index is -0.0601. The van der Waals surface area contributed by atoms with Crippen molar-refractivity contribution in [1.29, 1.82) is 0 Å². The van der Waals surface area contributed by atoms with E-state index in [1.165, 1.54) is 11.8 Å². The van der Waals surface area contributed by atoms with Gasteiger partial charge >= 0.3 is 0 Å². The first kappa shape index (κ1) is 20.2. The van der Waals surface area contributed by atoms with Crippen molar-refractivity contribution in [3.63, 3.8) is 0 Å². The maximum Gasteiger partial charge on any atom is 0.230 e. The maximum absolute atomic E-state index is 12.3. The summed E-state index contributed by atoms with van der Waals surface area (Å²) in [5.74, 6) is 2.54. The van der Waals surface area contributed by atoms with Crippen LogP contribution < -0.4 is 10.1 Å². The molecule has 1 N–H and O–H groups in total. The number of aromatic nitrogens is 3. The third-order valence-corrected chi connectivity index (χ3v) is 6.16. The number of hydrogen-bond donors (Lipinski definition) is 1. The first-order valence-corrected chi connectivity index (χ1v) is 11.2. The minimum Gasteiger partial charge on any atom is -0.457 e. The number of carbonyl (C=O) groups is 1. The molecule has 0 aliphatic carbocycles. The Labute approximate surface area is 182 Å². The number of carbonyl (C=O) groups excluding carboxylic acids is 1. The molecule has 0 atom stereocenters. The first-order valence-electron chi connectivity index (χ1n) is 9.33. The van der Waals surface area contributed by atoms with Gasteiger partial charge < -0.3 is 14.6 Å². The number of nitrogens with one attached hydrogen (secondary N) is 1.